The van der Waals surface area contributed by atoms with Gasteiger partial charge in [-0.25, -0.2) is 0 Å². The fourth-order valence-corrected chi connectivity index (χ4v) is 2.10. The first-order valence-corrected chi connectivity index (χ1v) is 6.60. The second kappa shape index (κ2) is 6.03. The Balaban J connectivity index is 2.04. The van der Waals surface area contributed by atoms with Crippen molar-refractivity contribution in [3.8, 4) is 5.75 Å². The molecule has 0 bridgehead atoms. The number of hydrogen-bond donors (Lipinski definition) is 1. The summed E-state index contributed by atoms with van der Waals surface area (Å²) in [4.78, 5) is 0. The van der Waals surface area contributed by atoms with Gasteiger partial charge in [-0.1, -0.05) is 40.2 Å². The molecule has 18 heavy (non-hydrogen) atoms. The highest BCUT2D eigenvalue weighted by molar-refractivity contribution is 9.10. The summed E-state index contributed by atoms with van der Waals surface area (Å²) >= 11 is 3.43. The van der Waals surface area contributed by atoms with Gasteiger partial charge in [0.15, 0.2) is 0 Å². The van der Waals surface area contributed by atoms with Crippen LogP contribution in [-0.4, -0.2) is 5.11 Å². The molecule has 2 nitrogen and oxygen atoms in total. The lowest BCUT2D eigenvalue weighted by Gasteiger charge is -2.09. The molecule has 0 heterocycles. The Morgan fingerprint density at radius 1 is 1.17 bits per heavy atom. The molecule has 94 valence electrons. The minimum atomic E-state index is -0.473. The topological polar surface area (TPSA) is 29.5 Å². The summed E-state index contributed by atoms with van der Waals surface area (Å²) in [5.74, 6) is 0.772. The van der Waals surface area contributed by atoms with Crippen molar-refractivity contribution in [2.45, 2.75) is 19.6 Å². The van der Waals surface area contributed by atoms with E-state index < -0.39 is 6.10 Å². The van der Waals surface area contributed by atoms with Gasteiger partial charge >= 0.3 is 0 Å². The highest BCUT2D eigenvalue weighted by Gasteiger charge is 2.02. The van der Waals surface area contributed by atoms with Crippen LogP contribution < -0.4 is 4.74 Å². The Hall–Kier alpha value is -1.32. The highest BCUT2D eigenvalue weighted by atomic mass is 79.9. The van der Waals surface area contributed by atoms with E-state index in [9.17, 15) is 5.11 Å². The summed E-state index contributed by atoms with van der Waals surface area (Å²) in [5, 5.41) is 9.51. The summed E-state index contributed by atoms with van der Waals surface area (Å²) in [7, 11) is 0. The van der Waals surface area contributed by atoms with Crippen LogP contribution in [0.4, 0.5) is 0 Å². The fourth-order valence-electron chi connectivity index (χ4n) is 1.66. The van der Waals surface area contributed by atoms with E-state index in [2.05, 4.69) is 15.9 Å². The smallest absolute Gasteiger partial charge is 0.120 e. The van der Waals surface area contributed by atoms with E-state index >= 15 is 0 Å². The third-order valence-corrected chi connectivity index (χ3v) is 3.13. The molecule has 1 atom stereocenters. The fraction of sp³-hybridized carbons (Fsp3) is 0.200. The zero-order valence-corrected chi connectivity index (χ0v) is 11.7. The van der Waals surface area contributed by atoms with E-state index in [0.717, 1.165) is 21.3 Å². The Morgan fingerprint density at radius 2 is 1.94 bits per heavy atom. The zero-order chi connectivity index (χ0) is 13.0. The summed E-state index contributed by atoms with van der Waals surface area (Å²) < 4.78 is 6.75. The maximum Gasteiger partial charge on any atom is 0.120 e. The molecular formula is C15H15BrO2. The Labute approximate surface area is 115 Å². The Morgan fingerprint density at radius 3 is 2.67 bits per heavy atom. The third-order valence-electron chi connectivity index (χ3n) is 2.64. The predicted molar refractivity (Wildman–Crippen MR) is 75.5 cm³/mol. The van der Waals surface area contributed by atoms with Gasteiger partial charge in [0.1, 0.15) is 12.4 Å². The maximum atomic E-state index is 9.51. The first-order chi connectivity index (χ1) is 8.65. The van der Waals surface area contributed by atoms with Crippen molar-refractivity contribution in [2.24, 2.45) is 0 Å². The lowest BCUT2D eigenvalue weighted by atomic mass is 10.1. The normalized spacial score (nSPS) is 12.2. The van der Waals surface area contributed by atoms with Crippen LogP contribution in [-0.2, 0) is 6.61 Å². The maximum absolute atomic E-state index is 9.51. The molecule has 2 aromatic rings. The summed E-state index contributed by atoms with van der Waals surface area (Å²) in [6.07, 6.45) is -0.473. The van der Waals surface area contributed by atoms with Crippen molar-refractivity contribution in [3.05, 3.63) is 64.1 Å². The van der Waals surface area contributed by atoms with Crippen LogP contribution in [0.25, 0.3) is 0 Å². The monoisotopic (exact) mass is 306 g/mol. The molecule has 0 unspecified atom stereocenters. The second-order valence-corrected chi connectivity index (χ2v) is 5.08. The molecule has 0 amide bonds. The minimum absolute atomic E-state index is 0.473. The lowest BCUT2D eigenvalue weighted by molar-refractivity contribution is 0.198. The molecule has 0 saturated heterocycles. The van der Waals surface area contributed by atoms with Crippen molar-refractivity contribution >= 4 is 15.9 Å². The van der Waals surface area contributed by atoms with Gasteiger partial charge in [0, 0.05) is 4.47 Å². The molecule has 0 aliphatic rings. The van der Waals surface area contributed by atoms with E-state index in [0.29, 0.717) is 6.61 Å². The summed E-state index contributed by atoms with van der Waals surface area (Å²) in [6, 6.07) is 15.5. The zero-order valence-electron chi connectivity index (χ0n) is 10.1. The van der Waals surface area contributed by atoms with Gasteiger partial charge in [0.25, 0.3) is 0 Å². The van der Waals surface area contributed by atoms with Gasteiger partial charge in [-0.3, -0.25) is 0 Å². The van der Waals surface area contributed by atoms with Gasteiger partial charge in [0.2, 0.25) is 0 Å². The van der Waals surface area contributed by atoms with Crippen LogP contribution in [0.2, 0.25) is 0 Å². The van der Waals surface area contributed by atoms with E-state index in [-0.39, 0.29) is 0 Å². The summed E-state index contributed by atoms with van der Waals surface area (Å²) in [6.45, 7) is 2.26. The number of benzene rings is 2. The van der Waals surface area contributed by atoms with Crippen LogP contribution in [0.15, 0.2) is 53.0 Å². The molecule has 0 fully saturated rings. The molecule has 3 heteroatoms. The van der Waals surface area contributed by atoms with Gasteiger partial charge < -0.3 is 9.84 Å². The average Bonchev–Trinajstić information content (AvgIpc) is 2.37. The minimum Gasteiger partial charge on any atom is -0.489 e. The number of ether oxygens (including phenoxy) is 1. The van der Waals surface area contributed by atoms with Crippen molar-refractivity contribution in [1.29, 1.82) is 0 Å². The third kappa shape index (κ3) is 3.59. The van der Waals surface area contributed by atoms with Crippen LogP contribution in [0.5, 0.6) is 5.75 Å². The molecule has 1 N–H and O–H groups in total. The number of hydrogen-bond acceptors (Lipinski definition) is 2. The molecule has 2 rings (SSSR count). The lowest BCUT2D eigenvalue weighted by Crippen LogP contribution is -1.97. The number of aliphatic hydroxyl groups is 1. The van der Waals surface area contributed by atoms with Crippen LogP contribution >= 0.6 is 15.9 Å². The molecule has 2 aromatic carbocycles. The highest BCUT2D eigenvalue weighted by Crippen LogP contribution is 2.20. The number of rotatable bonds is 4. The summed E-state index contributed by atoms with van der Waals surface area (Å²) in [5.41, 5.74) is 1.97. The first kappa shape index (κ1) is 13.1. The molecular weight excluding hydrogens is 292 g/mol. The van der Waals surface area contributed by atoms with Gasteiger partial charge in [-0.15, -0.1) is 0 Å². The van der Waals surface area contributed by atoms with E-state index in [4.69, 9.17) is 4.74 Å². The largest absolute Gasteiger partial charge is 0.489 e. The Kier molecular flexibility index (Phi) is 4.39. The molecule has 0 saturated carbocycles. The van der Waals surface area contributed by atoms with Crippen molar-refractivity contribution in [1.82, 2.24) is 0 Å². The molecule has 0 aliphatic carbocycles. The molecule has 0 spiro atoms. The van der Waals surface area contributed by atoms with Gasteiger partial charge in [-0.2, -0.15) is 0 Å². The number of aliphatic hydroxyl groups excluding tert-OH is 1. The predicted octanol–water partition coefficient (Wildman–Crippen LogP) is 4.08. The molecule has 0 aromatic heterocycles. The van der Waals surface area contributed by atoms with Crippen molar-refractivity contribution < 1.29 is 9.84 Å². The van der Waals surface area contributed by atoms with E-state index in [1.807, 2.05) is 48.5 Å². The van der Waals surface area contributed by atoms with Crippen molar-refractivity contribution in [2.75, 3.05) is 0 Å². The van der Waals surface area contributed by atoms with E-state index in [1.54, 1.807) is 6.92 Å². The number of halogens is 1. The van der Waals surface area contributed by atoms with Crippen LogP contribution in [0.1, 0.15) is 24.2 Å². The Bertz CT molecular complexity index is 523. The van der Waals surface area contributed by atoms with Crippen LogP contribution in [0.3, 0.4) is 0 Å². The molecule has 0 aliphatic heterocycles. The average molecular weight is 307 g/mol. The van der Waals surface area contributed by atoms with Crippen LogP contribution in [0, 0.1) is 0 Å². The van der Waals surface area contributed by atoms with E-state index in [1.165, 1.54) is 0 Å². The van der Waals surface area contributed by atoms with Gasteiger partial charge in [0.05, 0.1) is 6.10 Å². The standard InChI is InChI=1S/C15H15BrO2/c1-11(17)13-5-3-7-15(9-13)18-10-12-4-2-6-14(16)8-12/h2-9,11,17H,10H2,1H3/t11-/m0/s1. The quantitative estimate of drug-likeness (QED) is 0.922. The molecule has 0 radical (unpaired) electrons. The SMILES string of the molecule is C[C@H](O)c1cccc(OCc2cccc(Br)c2)c1. The second-order valence-electron chi connectivity index (χ2n) is 4.17. The van der Waals surface area contributed by atoms with Gasteiger partial charge in [-0.05, 0) is 42.3 Å². The van der Waals surface area contributed by atoms with Crippen molar-refractivity contribution in [3.63, 3.8) is 0 Å². The first-order valence-electron chi connectivity index (χ1n) is 5.80.